The van der Waals surface area contributed by atoms with Crippen LogP contribution in [0.2, 0.25) is 0 Å². The Balaban J connectivity index is 2.46. The highest BCUT2D eigenvalue weighted by molar-refractivity contribution is 7.88. The smallest absolute Gasteiger partial charge is 0.494 e. The van der Waals surface area contributed by atoms with E-state index in [1.54, 1.807) is 12.1 Å². The van der Waals surface area contributed by atoms with Crippen molar-refractivity contribution < 1.29 is 35.2 Å². The van der Waals surface area contributed by atoms with Gasteiger partial charge in [-0.3, -0.25) is 0 Å². The number of fused-ring (bicyclic) bond motifs is 1. The van der Waals surface area contributed by atoms with Crippen molar-refractivity contribution in [2.45, 2.75) is 45.0 Å². The van der Waals surface area contributed by atoms with E-state index in [0.717, 1.165) is 31.7 Å². The summed E-state index contributed by atoms with van der Waals surface area (Å²) >= 11 is 0. The third-order valence-corrected chi connectivity index (χ3v) is 4.88. The van der Waals surface area contributed by atoms with E-state index >= 15 is 0 Å². The first-order chi connectivity index (χ1) is 13.2. The number of ether oxygens (including phenoxy) is 2. The average Bonchev–Trinajstić information content (AvgIpc) is 2.62. The number of alkyl halides is 3. The van der Waals surface area contributed by atoms with E-state index in [1.165, 1.54) is 12.1 Å². The number of benzene rings is 2. The van der Waals surface area contributed by atoms with Gasteiger partial charge in [0.1, 0.15) is 11.5 Å². The van der Waals surface area contributed by atoms with Crippen LogP contribution in [-0.4, -0.2) is 27.1 Å². The molecule has 9 heteroatoms. The Morgan fingerprint density at radius 3 is 2.07 bits per heavy atom. The van der Waals surface area contributed by atoms with Gasteiger partial charge in [-0.05, 0) is 43.2 Å². The summed E-state index contributed by atoms with van der Waals surface area (Å²) in [4.78, 5) is 0. The average molecular weight is 420 g/mol. The Morgan fingerprint density at radius 1 is 0.857 bits per heavy atom. The van der Waals surface area contributed by atoms with Gasteiger partial charge in [-0.15, -0.1) is 0 Å². The van der Waals surface area contributed by atoms with Gasteiger partial charge in [0.05, 0.1) is 13.2 Å². The number of rotatable bonds is 10. The van der Waals surface area contributed by atoms with E-state index in [4.69, 9.17) is 9.47 Å². The van der Waals surface area contributed by atoms with Crippen molar-refractivity contribution >= 4 is 20.9 Å². The van der Waals surface area contributed by atoms with Crippen LogP contribution in [-0.2, 0) is 10.1 Å². The minimum Gasteiger partial charge on any atom is -0.494 e. The molecule has 28 heavy (non-hydrogen) atoms. The van der Waals surface area contributed by atoms with Crippen LogP contribution >= 0.6 is 0 Å². The Morgan fingerprint density at radius 2 is 1.46 bits per heavy atom. The monoisotopic (exact) mass is 420 g/mol. The molecule has 0 radical (unpaired) electrons. The van der Waals surface area contributed by atoms with Gasteiger partial charge in [0.25, 0.3) is 0 Å². The van der Waals surface area contributed by atoms with E-state index < -0.39 is 21.4 Å². The van der Waals surface area contributed by atoms with Gasteiger partial charge < -0.3 is 13.7 Å². The second kappa shape index (κ2) is 9.36. The van der Waals surface area contributed by atoms with Crippen LogP contribution in [0.4, 0.5) is 13.2 Å². The molecule has 0 aliphatic carbocycles. The normalized spacial score (nSPS) is 12.2. The maximum atomic E-state index is 12.7. The molecule has 0 saturated heterocycles. The van der Waals surface area contributed by atoms with Crippen LogP contribution in [0.15, 0.2) is 30.3 Å². The summed E-state index contributed by atoms with van der Waals surface area (Å²) in [5.74, 6) is 0.400. The van der Waals surface area contributed by atoms with Gasteiger partial charge in [-0.1, -0.05) is 26.7 Å². The summed E-state index contributed by atoms with van der Waals surface area (Å²) in [6, 6.07) is 7.29. The molecule has 0 atom stereocenters. The van der Waals surface area contributed by atoms with E-state index in [1.807, 2.05) is 13.8 Å². The molecule has 2 aromatic rings. The fourth-order valence-electron chi connectivity index (χ4n) is 2.39. The number of halogens is 3. The predicted molar refractivity (Wildman–Crippen MR) is 100 cm³/mol. The summed E-state index contributed by atoms with van der Waals surface area (Å²) in [5, 5.41) is 0.602. The first kappa shape index (κ1) is 22.1. The lowest BCUT2D eigenvalue weighted by atomic mass is 10.1. The molecule has 0 saturated carbocycles. The fourth-order valence-corrected chi connectivity index (χ4v) is 2.86. The van der Waals surface area contributed by atoms with Crippen molar-refractivity contribution in [3.8, 4) is 17.2 Å². The van der Waals surface area contributed by atoms with Crippen molar-refractivity contribution in [2.75, 3.05) is 13.2 Å². The largest absolute Gasteiger partial charge is 0.534 e. The van der Waals surface area contributed by atoms with Crippen LogP contribution < -0.4 is 13.7 Å². The van der Waals surface area contributed by atoms with E-state index in [9.17, 15) is 21.6 Å². The van der Waals surface area contributed by atoms with Crippen molar-refractivity contribution in [1.29, 1.82) is 0 Å². The quantitative estimate of drug-likeness (QED) is 0.292. The molecule has 0 aromatic heterocycles. The van der Waals surface area contributed by atoms with Gasteiger partial charge in [0.2, 0.25) is 0 Å². The summed E-state index contributed by atoms with van der Waals surface area (Å²) < 4.78 is 76.7. The molecule has 0 unspecified atom stereocenters. The van der Waals surface area contributed by atoms with Crippen LogP contribution in [0.1, 0.15) is 39.5 Å². The maximum Gasteiger partial charge on any atom is 0.534 e. The molecule has 2 rings (SSSR count). The molecule has 0 spiro atoms. The highest BCUT2D eigenvalue weighted by atomic mass is 32.2. The minimum atomic E-state index is -5.79. The zero-order valence-electron chi connectivity index (χ0n) is 15.7. The van der Waals surface area contributed by atoms with Gasteiger partial charge in [0, 0.05) is 10.8 Å². The van der Waals surface area contributed by atoms with Crippen molar-refractivity contribution in [2.24, 2.45) is 0 Å². The summed E-state index contributed by atoms with van der Waals surface area (Å²) in [5.41, 5.74) is -5.52. The second-order valence-corrected chi connectivity index (χ2v) is 7.69. The molecular formula is C19H23F3O5S. The standard InChI is InChI=1S/C19H23F3O5S/c1-3-5-11-25-14-7-8-15-16(13-14)18(27-28(23,24)19(20,21)22)10-9-17(15)26-12-6-4-2/h7-10,13H,3-6,11-12H2,1-2H3. The lowest BCUT2D eigenvalue weighted by Gasteiger charge is -2.15. The fraction of sp³-hybridized carbons (Fsp3) is 0.474. The lowest BCUT2D eigenvalue weighted by molar-refractivity contribution is -0.0499. The van der Waals surface area contributed by atoms with Crippen LogP contribution in [0.25, 0.3) is 10.8 Å². The Bertz CT molecular complexity index is 894. The Kier molecular flexibility index (Phi) is 7.40. The molecule has 0 aliphatic heterocycles. The predicted octanol–water partition coefficient (Wildman–Crippen LogP) is 5.43. The zero-order chi connectivity index (χ0) is 20.8. The molecular weight excluding hydrogens is 397 g/mol. The molecule has 0 amide bonds. The topological polar surface area (TPSA) is 61.8 Å². The molecule has 2 aromatic carbocycles. The van der Waals surface area contributed by atoms with Crippen LogP contribution in [0.5, 0.6) is 17.2 Å². The summed E-state index contributed by atoms with van der Waals surface area (Å²) in [6.45, 7) is 4.87. The first-order valence-electron chi connectivity index (χ1n) is 9.02. The molecule has 0 N–H and O–H groups in total. The molecule has 0 heterocycles. The molecule has 5 nitrogen and oxygen atoms in total. The van der Waals surface area contributed by atoms with Crippen LogP contribution in [0.3, 0.4) is 0 Å². The van der Waals surface area contributed by atoms with Crippen molar-refractivity contribution in [1.82, 2.24) is 0 Å². The van der Waals surface area contributed by atoms with Crippen molar-refractivity contribution in [3.05, 3.63) is 30.3 Å². The molecule has 0 aliphatic rings. The number of unbranched alkanes of at least 4 members (excludes halogenated alkanes) is 2. The highest BCUT2D eigenvalue weighted by Gasteiger charge is 2.48. The lowest BCUT2D eigenvalue weighted by Crippen LogP contribution is -2.28. The van der Waals surface area contributed by atoms with Gasteiger partial charge in [0.15, 0.2) is 5.75 Å². The maximum absolute atomic E-state index is 12.7. The zero-order valence-corrected chi connectivity index (χ0v) is 16.5. The first-order valence-corrected chi connectivity index (χ1v) is 10.4. The molecule has 0 bridgehead atoms. The Labute approximate surface area is 162 Å². The molecule has 0 fully saturated rings. The van der Waals surface area contributed by atoms with Gasteiger partial charge in [-0.2, -0.15) is 21.6 Å². The Hall–Kier alpha value is -2.16. The van der Waals surface area contributed by atoms with Crippen LogP contribution in [0, 0.1) is 0 Å². The van der Waals surface area contributed by atoms with Crippen molar-refractivity contribution in [3.63, 3.8) is 0 Å². The minimum absolute atomic E-state index is 0.163. The van der Waals surface area contributed by atoms with Gasteiger partial charge >= 0.3 is 15.6 Å². The van der Waals surface area contributed by atoms with Gasteiger partial charge in [-0.25, -0.2) is 0 Å². The summed E-state index contributed by atoms with van der Waals surface area (Å²) in [6.07, 6.45) is 3.45. The highest BCUT2D eigenvalue weighted by Crippen LogP contribution is 2.38. The number of hydrogen-bond donors (Lipinski definition) is 0. The third-order valence-electron chi connectivity index (χ3n) is 3.91. The van der Waals surface area contributed by atoms with E-state index in [-0.39, 0.29) is 5.39 Å². The third kappa shape index (κ3) is 5.43. The molecule has 156 valence electrons. The van der Waals surface area contributed by atoms with E-state index in [0.29, 0.717) is 30.1 Å². The van der Waals surface area contributed by atoms with E-state index in [2.05, 4.69) is 4.18 Å². The summed E-state index contributed by atoms with van der Waals surface area (Å²) in [7, 11) is -5.79. The number of hydrogen-bond acceptors (Lipinski definition) is 5. The second-order valence-electron chi connectivity index (χ2n) is 6.16. The SMILES string of the molecule is CCCCOc1ccc2c(OCCCC)ccc(OS(=O)(=O)C(F)(F)F)c2c1.